The van der Waals surface area contributed by atoms with Crippen LogP contribution in [0.5, 0.6) is 0 Å². The first-order valence-electron chi connectivity index (χ1n) is 6.33. The maximum atomic E-state index is 10.8. The highest BCUT2D eigenvalue weighted by Crippen LogP contribution is 2.14. The molecule has 0 atom stereocenters. The van der Waals surface area contributed by atoms with E-state index in [9.17, 15) is 4.79 Å². The SMILES string of the molecule is Cc1ccc(CN)c(NCc2ccc(C(=O)O)cc2)n1. The predicted octanol–water partition coefficient (Wildman–Crippen LogP) is 2.16. The Morgan fingerprint density at radius 2 is 1.95 bits per heavy atom. The van der Waals surface area contributed by atoms with E-state index < -0.39 is 5.97 Å². The molecule has 1 heterocycles. The van der Waals surface area contributed by atoms with Gasteiger partial charge in [-0.3, -0.25) is 0 Å². The second kappa shape index (κ2) is 6.16. The van der Waals surface area contributed by atoms with Gasteiger partial charge in [0.2, 0.25) is 0 Å². The molecule has 104 valence electrons. The molecule has 2 rings (SSSR count). The standard InChI is InChI=1S/C15H17N3O2/c1-10-2-5-13(8-16)14(18-10)17-9-11-3-6-12(7-4-11)15(19)20/h2-7H,8-9,16H2,1H3,(H,17,18)(H,19,20). The van der Waals surface area contributed by atoms with Crippen molar-refractivity contribution in [3.63, 3.8) is 0 Å². The predicted molar refractivity (Wildman–Crippen MR) is 77.6 cm³/mol. The number of nitrogens with one attached hydrogen (secondary N) is 1. The Hall–Kier alpha value is -2.40. The lowest BCUT2D eigenvalue weighted by Crippen LogP contribution is -2.08. The minimum atomic E-state index is -0.921. The molecule has 5 nitrogen and oxygen atoms in total. The smallest absolute Gasteiger partial charge is 0.335 e. The summed E-state index contributed by atoms with van der Waals surface area (Å²) in [5.41, 5.74) is 8.83. The zero-order valence-electron chi connectivity index (χ0n) is 11.3. The number of nitrogens with zero attached hydrogens (tertiary/aromatic N) is 1. The Morgan fingerprint density at radius 3 is 2.55 bits per heavy atom. The van der Waals surface area contributed by atoms with Gasteiger partial charge in [0.1, 0.15) is 5.82 Å². The van der Waals surface area contributed by atoms with Gasteiger partial charge < -0.3 is 16.2 Å². The number of benzene rings is 1. The Bertz CT molecular complexity index is 609. The number of aromatic nitrogens is 1. The van der Waals surface area contributed by atoms with Crippen molar-refractivity contribution in [2.75, 3.05) is 5.32 Å². The number of anilines is 1. The van der Waals surface area contributed by atoms with E-state index in [1.807, 2.05) is 19.1 Å². The van der Waals surface area contributed by atoms with E-state index in [4.69, 9.17) is 10.8 Å². The molecule has 20 heavy (non-hydrogen) atoms. The fourth-order valence-electron chi connectivity index (χ4n) is 1.85. The third-order valence-electron chi connectivity index (χ3n) is 3.00. The van der Waals surface area contributed by atoms with Gasteiger partial charge in [-0.2, -0.15) is 0 Å². The van der Waals surface area contributed by atoms with E-state index in [2.05, 4.69) is 10.3 Å². The Labute approximate surface area is 117 Å². The number of nitrogens with two attached hydrogens (primary N) is 1. The first-order valence-corrected chi connectivity index (χ1v) is 6.33. The number of aromatic carboxylic acids is 1. The molecule has 0 amide bonds. The van der Waals surface area contributed by atoms with E-state index in [1.54, 1.807) is 24.3 Å². The average molecular weight is 271 g/mol. The topological polar surface area (TPSA) is 88.2 Å². The highest BCUT2D eigenvalue weighted by Gasteiger charge is 2.04. The molecule has 0 radical (unpaired) electrons. The van der Waals surface area contributed by atoms with Crippen LogP contribution >= 0.6 is 0 Å². The summed E-state index contributed by atoms with van der Waals surface area (Å²) in [5.74, 6) is -0.148. The van der Waals surface area contributed by atoms with Gasteiger partial charge in [-0.15, -0.1) is 0 Å². The molecule has 0 saturated carbocycles. The largest absolute Gasteiger partial charge is 0.478 e. The number of carboxylic acid groups (broad SMARTS) is 1. The van der Waals surface area contributed by atoms with Crippen molar-refractivity contribution in [3.05, 3.63) is 58.8 Å². The van der Waals surface area contributed by atoms with Crippen LogP contribution in [0.15, 0.2) is 36.4 Å². The van der Waals surface area contributed by atoms with Crippen LogP contribution in [-0.4, -0.2) is 16.1 Å². The molecule has 2 aromatic rings. The number of aryl methyl sites for hydroxylation is 1. The summed E-state index contributed by atoms with van der Waals surface area (Å²) in [5, 5.41) is 12.1. The van der Waals surface area contributed by atoms with Gasteiger partial charge in [0, 0.05) is 24.3 Å². The molecular formula is C15H17N3O2. The number of rotatable bonds is 5. The number of hydrogen-bond donors (Lipinski definition) is 3. The first-order chi connectivity index (χ1) is 9.60. The maximum Gasteiger partial charge on any atom is 0.335 e. The number of carboxylic acids is 1. The molecule has 5 heteroatoms. The van der Waals surface area contributed by atoms with E-state index in [1.165, 1.54) is 0 Å². The van der Waals surface area contributed by atoms with Gasteiger partial charge in [0.25, 0.3) is 0 Å². The van der Waals surface area contributed by atoms with Crippen molar-refractivity contribution in [2.45, 2.75) is 20.0 Å². The van der Waals surface area contributed by atoms with Crippen molar-refractivity contribution in [3.8, 4) is 0 Å². The molecule has 0 aliphatic heterocycles. The molecule has 1 aromatic heterocycles. The molecule has 1 aromatic carbocycles. The monoisotopic (exact) mass is 271 g/mol. The van der Waals surface area contributed by atoms with Crippen LogP contribution in [0.2, 0.25) is 0 Å². The minimum Gasteiger partial charge on any atom is -0.478 e. The summed E-state index contributed by atoms with van der Waals surface area (Å²) >= 11 is 0. The van der Waals surface area contributed by atoms with Crippen molar-refractivity contribution in [2.24, 2.45) is 5.73 Å². The van der Waals surface area contributed by atoms with Crippen LogP contribution in [0.1, 0.15) is 27.2 Å². The van der Waals surface area contributed by atoms with Crippen molar-refractivity contribution in [1.29, 1.82) is 0 Å². The summed E-state index contributed by atoms with van der Waals surface area (Å²) in [4.78, 5) is 15.2. The van der Waals surface area contributed by atoms with E-state index in [0.29, 0.717) is 13.1 Å². The second-order valence-corrected chi connectivity index (χ2v) is 4.52. The maximum absolute atomic E-state index is 10.8. The van der Waals surface area contributed by atoms with Crippen molar-refractivity contribution in [1.82, 2.24) is 4.98 Å². The molecular weight excluding hydrogens is 254 g/mol. The molecule has 0 bridgehead atoms. The zero-order chi connectivity index (χ0) is 14.5. The number of carbonyl (C=O) groups is 1. The second-order valence-electron chi connectivity index (χ2n) is 4.52. The lowest BCUT2D eigenvalue weighted by atomic mass is 10.1. The zero-order valence-corrected chi connectivity index (χ0v) is 11.3. The van der Waals surface area contributed by atoms with Crippen LogP contribution in [-0.2, 0) is 13.1 Å². The summed E-state index contributed by atoms with van der Waals surface area (Å²) in [6.07, 6.45) is 0. The average Bonchev–Trinajstić information content (AvgIpc) is 2.45. The highest BCUT2D eigenvalue weighted by molar-refractivity contribution is 5.87. The van der Waals surface area contributed by atoms with Crippen LogP contribution < -0.4 is 11.1 Å². The molecule has 0 unspecified atom stereocenters. The summed E-state index contributed by atoms with van der Waals surface area (Å²) in [7, 11) is 0. The summed E-state index contributed by atoms with van der Waals surface area (Å²) in [6, 6.07) is 10.6. The minimum absolute atomic E-state index is 0.282. The lowest BCUT2D eigenvalue weighted by Gasteiger charge is -2.11. The molecule has 0 aliphatic carbocycles. The number of pyridine rings is 1. The van der Waals surface area contributed by atoms with Crippen LogP contribution in [0.25, 0.3) is 0 Å². The Morgan fingerprint density at radius 1 is 1.25 bits per heavy atom. The summed E-state index contributed by atoms with van der Waals surface area (Å²) < 4.78 is 0. The third-order valence-corrected chi connectivity index (χ3v) is 3.00. The van der Waals surface area contributed by atoms with Crippen molar-refractivity contribution >= 4 is 11.8 Å². The van der Waals surface area contributed by atoms with E-state index in [-0.39, 0.29) is 5.56 Å². The van der Waals surface area contributed by atoms with Gasteiger partial charge in [-0.25, -0.2) is 9.78 Å². The lowest BCUT2D eigenvalue weighted by molar-refractivity contribution is 0.0697. The summed E-state index contributed by atoms with van der Waals surface area (Å²) in [6.45, 7) is 2.92. The molecule has 4 N–H and O–H groups in total. The van der Waals surface area contributed by atoms with Gasteiger partial charge in [-0.05, 0) is 30.7 Å². The normalized spacial score (nSPS) is 10.3. The van der Waals surface area contributed by atoms with Gasteiger partial charge in [0.05, 0.1) is 5.56 Å². The molecule has 0 saturated heterocycles. The Kier molecular flexibility index (Phi) is 4.32. The van der Waals surface area contributed by atoms with E-state index in [0.717, 1.165) is 22.6 Å². The molecule has 0 spiro atoms. The third kappa shape index (κ3) is 3.33. The molecule has 0 aliphatic rings. The van der Waals surface area contributed by atoms with Crippen LogP contribution in [0, 0.1) is 6.92 Å². The van der Waals surface area contributed by atoms with Crippen LogP contribution in [0.4, 0.5) is 5.82 Å². The number of hydrogen-bond acceptors (Lipinski definition) is 4. The Balaban J connectivity index is 2.08. The quantitative estimate of drug-likeness (QED) is 0.775. The molecule has 0 fully saturated rings. The highest BCUT2D eigenvalue weighted by atomic mass is 16.4. The fourth-order valence-corrected chi connectivity index (χ4v) is 1.85. The van der Waals surface area contributed by atoms with Gasteiger partial charge >= 0.3 is 5.97 Å². The van der Waals surface area contributed by atoms with Gasteiger partial charge in [-0.1, -0.05) is 18.2 Å². The van der Waals surface area contributed by atoms with Crippen LogP contribution in [0.3, 0.4) is 0 Å². The van der Waals surface area contributed by atoms with Gasteiger partial charge in [0.15, 0.2) is 0 Å². The fraction of sp³-hybridized carbons (Fsp3) is 0.200. The van der Waals surface area contributed by atoms with Crippen molar-refractivity contribution < 1.29 is 9.90 Å². The van der Waals surface area contributed by atoms with E-state index >= 15 is 0 Å². The first kappa shape index (κ1) is 14.0.